The summed E-state index contributed by atoms with van der Waals surface area (Å²) in [6, 6.07) is 13.9. The van der Waals surface area contributed by atoms with E-state index in [0.717, 1.165) is 25.1 Å². The molecule has 1 unspecified atom stereocenters. The van der Waals surface area contributed by atoms with Gasteiger partial charge in [-0.05, 0) is 59.1 Å². The summed E-state index contributed by atoms with van der Waals surface area (Å²) in [4.78, 5) is 0. The zero-order valence-corrected chi connectivity index (χ0v) is 14.1. The summed E-state index contributed by atoms with van der Waals surface area (Å²) in [5.41, 5.74) is 3.74. The maximum absolute atomic E-state index is 13.3. The Morgan fingerprint density at radius 1 is 1.14 bits per heavy atom. The van der Waals surface area contributed by atoms with Crippen LogP contribution in [0.15, 0.2) is 46.9 Å². The highest BCUT2D eigenvalue weighted by Crippen LogP contribution is 2.24. The van der Waals surface area contributed by atoms with Gasteiger partial charge in [-0.25, -0.2) is 4.39 Å². The Morgan fingerprint density at radius 3 is 2.48 bits per heavy atom. The first-order valence-electron chi connectivity index (χ1n) is 7.31. The second kappa shape index (κ2) is 7.71. The fraction of sp³-hybridized carbons (Fsp3) is 0.333. The van der Waals surface area contributed by atoms with Gasteiger partial charge in [0.25, 0.3) is 0 Å². The van der Waals surface area contributed by atoms with Crippen LogP contribution >= 0.6 is 15.9 Å². The molecule has 0 heterocycles. The van der Waals surface area contributed by atoms with Gasteiger partial charge in [0.2, 0.25) is 0 Å². The maximum atomic E-state index is 13.3. The fourth-order valence-corrected chi connectivity index (χ4v) is 2.84. The number of likely N-dealkylation sites (N-methyl/N-ethyl adjacent to an activating group) is 1. The van der Waals surface area contributed by atoms with E-state index in [4.69, 9.17) is 0 Å². The first-order chi connectivity index (χ1) is 10.1. The average Bonchev–Trinajstić information content (AvgIpc) is 2.48. The van der Waals surface area contributed by atoms with Crippen LogP contribution in [0.1, 0.15) is 29.5 Å². The highest BCUT2D eigenvalue weighted by Gasteiger charge is 2.13. The summed E-state index contributed by atoms with van der Waals surface area (Å²) in [7, 11) is 0. The number of aryl methyl sites for hydroxylation is 1. The van der Waals surface area contributed by atoms with Crippen molar-refractivity contribution in [3.8, 4) is 0 Å². The quantitative estimate of drug-likeness (QED) is 0.787. The minimum Gasteiger partial charge on any atom is -0.316 e. The monoisotopic (exact) mass is 349 g/mol. The van der Waals surface area contributed by atoms with E-state index in [1.165, 1.54) is 17.2 Å². The number of nitrogens with one attached hydrogen (secondary N) is 1. The van der Waals surface area contributed by atoms with Crippen LogP contribution in [0.2, 0.25) is 0 Å². The molecule has 1 nitrogen and oxygen atoms in total. The van der Waals surface area contributed by atoms with Crippen LogP contribution in [0.3, 0.4) is 0 Å². The highest BCUT2D eigenvalue weighted by molar-refractivity contribution is 9.10. The molecule has 2 rings (SSSR count). The number of benzene rings is 2. The zero-order chi connectivity index (χ0) is 15.2. The average molecular weight is 350 g/mol. The van der Waals surface area contributed by atoms with Crippen LogP contribution in [0.25, 0.3) is 0 Å². The molecule has 2 aromatic carbocycles. The summed E-state index contributed by atoms with van der Waals surface area (Å²) in [6.45, 7) is 6.09. The second-order valence-electron chi connectivity index (χ2n) is 5.37. The molecule has 3 heteroatoms. The van der Waals surface area contributed by atoms with E-state index in [-0.39, 0.29) is 5.82 Å². The SMILES string of the molecule is CCNCC(Cc1ccc(F)c(Br)c1)c1ccc(C)cc1. The second-order valence-corrected chi connectivity index (χ2v) is 6.22. The number of rotatable bonds is 6. The molecule has 0 spiro atoms. The van der Waals surface area contributed by atoms with E-state index >= 15 is 0 Å². The lowest BCUT2D eigenvalue weighted by atomic mass is 9.91. The summed E-state index contributed by atoms with van der Waals surface area (Å²) in [5, 5.41) is 3.42. The standard InChI is InChI=1S/C18H21BrFN/c1-3-21-12-16(15-7-4-13(2)5-8-15)10-14-6-9-18(20)17(19)11-14/h4-9,11,16,21H,3,10,12H2,1-2H3. The Kier molecular flexibility index (Phi) is 5.95. The molecule has 21 heavy (non-hydrogen) atoms. The van der Waals surface area contributed by atoms with Crippen molar-refractivity contribution < 1.29 is 4.39 Å². The van der Waals surface area contributed by atoms with Gasteiger partial charge >= 0.3 is 0 Å². The predicted molar refractivity (Wildman–Crippen MR) is 90.3 cm³/mol. The molecule has 0 bridgehead atoms. The van der Waals surface area contributed by atoms with Crippen LogP contribution in [0.4, 0.5) is 4.39 Å². The number of hydrogen-bond acceptors (Lipinski definition) is 1. The Morgan fingerprint density at radius 2 is 1.86 bits per heavy atom. The van der Waals surface area contributed by atoms with Crippen molar-refractivity contribution in [2.75, 3.05) is 13.1 Å². The van der Waals surface area contributed by atoms with Gasteiger partial charge in [-0.1, -0.05) is 42.8 Å². The van der Waals surface area contributed by atoms with Crippen LogP contribution in [0.5, 0.6) is 0 Å². The largest absolute Gasteiger partial charge is 0.316 e. The molecular formula is C18H21BrFN. The smallest absolute Gasteiger partial charge is 0.137 e. The van der Waals surface area contributed by atoms with Crippen molar-refractivity contribution in [3.63, 3.8) is 0 Å². The molecule has 1 atom stereocenters. The van der Waals surface area contributed by atoms with Crippen molar-refractivity contribution in [1.82, 2.24) is 5.32 Å². The molecule has 0 saturated carbocycles. The van der Waals surface area contributed by atoms with Crippen molar-refractivity contribution in [3.05, 3.63) is 69.4 Å². The van der Waals surface area contributed by atoms with E-state index < -0.39 is 0 Å². The fourth-order valence-electron chi connectivity index (χ4n) is 2.42. The lowest BCUT2D eigenvalue weighted by Crippen LogP contribution is -2.22. The third kappa shape index (κ3) is 4.65. The van der Waals surface area contributed by atoms with Crippen molar-refractivity contribution in [2.45, 2.75) is 26.2 Å². The van der Waals surface area contributed by atoms with E-state index in [1.54, 1.807) is 0 Å². The third-order valence-corrected chi connectivity index (χ3v) is 4.26. The maximum Gasteiger partial charge on any atom is 0.137 e. The minimum absolute atomic E-state index is 0.211. The molecule has 0 radical (unpaired) electrons. The Balaban J connectivity index is 2.19. The molecule has 0 fully saturated rings. The number of halogens is 2. The Labute approximate surface area is 134 Å². The van der Waals surface area contributed by atoms with Gasteiger partial charge in [0.05, 0.1) is 4.47 Å². The summed E-state index contributed by atoms with van der Waals surface area (Å²) in [6.07, 6.45) is 0.898. The molecule has 0 aliphatic carbocycles. The van der Waals surface area contributed by atoms with Gasteiger partial charge in [-0.3, -0.25) is 0 Å². The van der Waals surface area contributed by atoms with Crippen LogP contribution < -0.4 is 5.32 Å². The van der Waals surface area contributed by atoms with E-state index in [2.05, 4.69) is 59.4 Å². The molecule has 2 aromatic rings. The van der Waals surface area contributed by atoms with Crippen LogP contribution in [-0.2, 0) is 6.42 Å². The highest BCUT2D eigenvalue weighted by atomic mass is 79.9. The van der Waals surface area contributed by atoms with Crippen molar-refractivity contribution in [1.29, 1.82) is 0 Å². The topological polar surface area (TPSA) is 12.0 Å². The molecule has 1 N–H and O–H groups in total. The van der Waals surface area contributed by atoms with Gasteiger partial charge in [-0.15, -0.1) is 0 Å². The first kappa shape index (κ1) is 16.2. The molecule has 0 saturated heterocycles. The van der Waals surface area contributed by atoms with Gasteiger partial charge in [0.1, 0.15) is 5.82 Å². The first-order valence-corrected chi connectivity index (χ1v) is 8.10. The number of hydrogen-bond donors (Lipinski definition) is 1. The van der Waals surface area contributed by atoms with Gasteiger partial charge in [0, 0.05) is 12.5 Å². The molecule has 0 amide bonds. The lowest BCUT2D eigenvalue weighted by molar-refractivity contribution is 0.591. The predicted octanol–water partition coefficient (Wildman–Crippen LogP) is 4.83. The van der Waals surface area contributed by atoms with Gasteiger partial charge in [0.15, 0.2) is 0 Å². The molecule has 0 aliphatic heterocycles. The Bertz CT molecular complexity index is 580. The lowest BCUT2D eigenvalue weighted by Gasteiger charge is -2.18. The molecule has 112 valence electrons. The van der Waals surface area contributed by atoms with Crippen LogP contribution in [0, 0.1) is 12.7 Å². The van der Waals surface area contributed by atoms with Crippen molar-refractivity contribution >= 4 is 15.9 Å². The van der Waals surface area contributed by atoms with Gasteiger partial charge < -0.3 is 5.32 Å². The third-order valence-electron chi connectivity index (χ3n) is 3.66. The van der Waals surface area contributed by atoms with E-state index in [9.17, 15) is 4.39 Å². The van der Waals surface area contributed by atoms with Crippen molar-refractivity contribution in [2.24, 2.45) is 0 Å². The summed E-state index contributed by atoms with van der Waals surface area (Å²) >= 11 is 3.26. The zero-order valence-electron chi connectivity index (χ0n) is 12.5. The molecule has 0 aliphatic rings. The Hall–Kier alpha value is -1.19. The summed E-state index contributed by atoms with van der Waals surface area (Å²) < 4.78 is 13.9. The molecular weight excluding hydrogens is 329 g/mol. The van der Waals surface area contributed by atoms with E-state index in [0.29, 0.717) is 10.4 Å². The van der Waals surface area contributed by atoms with Crippen LogP contribution in [-0.4, -0.2) is 13.1 Å². The van der Waals surface area contributed by atoms with E-state index in [1.807, 2.05) is 12.1 Å². The normalized spacial score (nSPS) is 12.4. The molecule has 0 aromatic heterocycles. The van der Waals surface area contributed by atoms with Gasteiger partial charge in [-0.2, -0.15) is 0 Å². The summed E-state index contributed by atoms with van der Waals surface area (Å²) in [5.74, 6) is 0.181. The minimum atomic E-state index is -0.211.